The molecule has 0 aromatic heterocycles. The van der Waals surface area contributed by atoms with Crippen LogP contribution in [0.3, 0.4) is 0 Å². The van der Waals surface area contributed by atoms with Crippen molar-refractivity contribution in [3.8, 4) is 6.07 Å². The fourth-order valence-corrected chi connectivity index (χ4v) is 3.28. The molecule has 1 unspecified atom stereocenters. The standard InChI is InChI=1S/C16H15N3O5S/c1-2-24-15(21)9-25-16-13(8-17)12(7-14(20)18-16)10-4-3-5-11(6-10)19(22)23/h3-6,12H,2,7,9H2,1H3,(H,18,20). The molecule has 8 nitrogen and oxygen atoms in total. The molecule has 1 atom stereocenters. The lowest BCUT2D eigenvalue weighted by Gasteiger charge is -2.24. The molecule has 1 N–H and O–H groups in total. The number of esters is 1. The molecule has 0 spiro atoms. The van der Waals surface area contributed by atoms with Crippen molar-refractivity contribution in [2.75, 3.05) is 12.4 Å². The Morgan fingerprint density at radius 3 is 2.96 bits per heavy atom. The molecule has 1 aliphatic rings. The third kappa shape index (κ3) is 4.58. The number of hydrogen-bond acceptors (Lipinski definition) is 7. The molecule has 0 aliphatic carbocycles. The van der Waals surface area contributed by atoms with Crippen molar-refractivity contribution < 1.29 is 19.2 Å². The number of carbonyl (C=O) groups is 2. The van der Waals surface area contributed by atoms with Crippen molar-refractivity contribution in [3.05, 3.63) is 50.5 Å². The van der Waals surface area contributed by atoms with Crippen LogP contribution in [0, 0.1) is 21.4 Å². The summed E-state index contributed by atoms with van der Waals surface area (Å²) in [4.78, 5) is 33.9. The lowest BCUT2D eigenvalue weighted by atomic mass is 9.87. The van der Waals surface area contributed by atoms with Crippen molar-refractivity contribution in [2.45, 2.75) is 19.3 Å². The van der Waals surface area contributed by atoms with E-state index in [9.17, 15) is 25.0 Å². The number of rotatable bonds is 6. The molecule has 1 heterocycles. The SMILES string of the molecule is CCOC(=O)CSC1=C(C#N)C(c2cccc([N+](=O)[O-])c2)CC(=O)N1. The van der Waals surface area contributed by atoms with E-state index >= 15 is 0 Å². The third-order valence-corrected chi connectivity index (χ3v) is 4.47. The highest BCUT2D eigenvalue weighted by molar-refractivity contribution is 8.03. The van der Waals surface area contributed by atoms with Crippen LogP contribution in [-0.4, -0.2) is 29.2 Å². The Labute approximate surface area is 148 Å². The van der Waals surface area contributed by atoms with Gasteiger partial charge in [0.2, 0.25) is 5.91 Å². The van der Waals surface area contributed by atoms with Gasteiger partial charge in [-0.1, -0.05) is 23.9 Å². The van der Waals surface area contributed by atoms with Crippen LogP contribution in [0.5, 0.6) is 0 Å². The second-order valence-electron chi connectivity index (χ2n) is 5.11. The highest BCUT2D eigenvalue weighted by atomic mass is 32.2. The first kappa shape index (κ1) is 18.5. The zero-order valence-electron chi connectivity index (χ0n) is 13.4. The number of hydrogen-bond donors (Lipinski definition) is 1. The van der Waals surface area contributed by atoms with Gasteiger partial charge in [0.25, 0.3) is 5.69 Å². The fourth-order valence-electron chi connectivity index (χ4n) is 2.41. The van der Waals surface area contributed by atoms with Crippen molar-refractivity contribution in [1.82, 2.24) is 5.32 Å². The summed E-state index contributed by atoms with van der Waals surface area (Å²) in [6, 6.07) is 7.91. The van der Waals surface area contributed by atoms with Crippen LogP contribution < -0.4 is 5.32 Å². The highest BCUT2D eigenvalue weighted by Crippen LogP contribution is 2.36. The zero-order valence-corrected chi connectivity index (χ0v) is 14.2. The third-order valence-electron chi connectivity index (χ3n) is 3.48. The summed E-state index contributed by atoms with van der Waals surface area (Å²) in [5.41, 5.74) is 0.672. The molecule has 0 bridgehead atoms. The van der Waals surface area contributed by atoms with Gasteiger partial charge in [0, 0.05) is 24.5 Å². The zero-order chi connectivity index (χ0) is 18.4. The summed E-state index contributed by atoms with van der Waals surface area (Å²) in [6.07, 6.45) is 0.00747. The fraction of sp³-hybridized carbons (Fsp3) is 0.312. The van der Waals surface area contributed by atoms with Gasteiger partial charge >= 0.3 is 5.97 Å². The first-order chi connectivity index (χ1) is 12.0. The molecule has 2 rings (SSSR count). The minimum Gasteiger partial charge on any atom is -0.465 e. The molecule has 1 aromatic rings. The summed E-state index contributed by atoms with van der Waals surface area (Å²) in [5, 5.41) is 23.3. The number of amides is 1. The van der Waals surface area contributed by atoms with Crippen LogP contribution in [0.15, 0.2) is 34.9 Å². The molecule has 1 aromatic carbocycles. The lowest BCUT2D eigenvalue weighted by molar-refractivity contribution is -0.384. The van der Waals surface area contributed by atoms with Gasteiger partial charge in [-0.3, -0.25) is 19.7 Å². The summed E-state index contributed by atoms with van der Waals surface area (Å²) in [5.74, 6) is -1.41. The molecule has 0 radical (unpaired) electrons. The van der Waals surface area contributed by atoms with Crippen LogP contribution in [0.25, 0.3) is 0 Å². The Bertz CT molecular complexity index is 784. The number of non-ortho nitro benzene ring substituents is 1. The Hall–Kier alpha value is -2.86. The number of nitro benzene ring substituents is 1. The second kappa shape index (κ2) is 8.30. The number of ether oxygens (including phenoxy) is 1. The maximum absolute atomic E-state index is 12.0. The first-order valence-corrected chi connectivity index (χ1v) is 8.41. The Balaban J connectivity index is 2.33. The van der Waals surface area contributed by atoms with Crippen molar-refractivity contribution in [1.29, 1.82) is 5.26 Å². The van der Waals surface area contributed by atoms with Gasteiger partial charge < -0.3 is 10.1 Å². The predicted molar refractivity (Wildman–Crippen MR) is 90.3 cm³/mol. The molecule has 0 saturated carbocycles. The molecule has 9 heteroatoms. The van der Waals surface area contributed by atoms with Gasteiger partial charge in [-0.15, -0.1) is 0 Å². The van der Waals surface area contributed by atoms with E-state index in [1.165, 1.54) is 18.2 Å². The van der Waals surface area contributed by atoms with E-state index in [2.05, 4.69) is 5.32 Å². The highest BCUT2D eigenvalue weighted by Gasteiger charge is 2.30. The van der Waals surface area contributed by atoms with Crippen LogP contribution in [-0.2, 0) is 14.3 Å². The van der Waals surface area contributed by atoms with Gasteiger partial charge in [0.1, 0.15) is 0 Å². The van der Waals surface area contributed by atoms with Gasteiger partial charge in [-0.2, -0.15) is 5.26 Å². The Morgan fingerprint density at radius 1 is 1.56 bits per heavy atom. The van der Waals surface area contributed by atoms with Crippen molar-refractivity contribution in [3.63, 3.8) is 0 Å². The second-order valence-corrected chi connectivity index (χ2v) is 6.09. The minimum absolute atomic E-state index is 0.00747. The van der Waals surface area contributed by atoms with E-state index in [-0.39, 0.29) is 41.0 Å². The minimum atomic E-state index is -0.594. The monoisotopic (exact) mass is 361 g/mol. The van der Waals surface area contributed by atoms with E-state index in [0.29, 0.717) is 5.56 Å². The average molecular weight is 361 g/mol. The number of benzene rings is 1. The Kier molecular flexibility index (Phi) is 6.14. The normalized spacial score (nSPS) is 16.8. The number of thioether (sulfide) groups is 1. The number of carbonyl (C=O) groups excluding carboxylic acids is 2. The van der Waals surface area contributed by atoms with Gasteiger partial charge in [0.05, 0.1) is 34.0 Å². The van der Waals surface area contributed by atoms with Gasteiger partial charge in [-0.25, -0.2) is 0 Å². The quantitative estimate of drug-likeness (QED) is 0.468. The van der Waals surface area contributed by atoms with Crippen LogP contribution in [0.4, 0.5) is 5.69 Å². The molecule has 130 valence electrons. The molecule has 1 amide bonds. The molecule has 0 fully saturated rings. The van der Waals surface area contributed by atoms with E-state index in [1.807, 2.05) is 6.07 Å². The topological polar surface area (TPSA) is 122 Å². The van der Waals surface area contributed by atoms with Crippen molar-refractivity contribution in [2.24, 2.45) is 0 Å². The predicted octanol–water partition coefficient (Wildman–Crippen LogP) is 2.23. The molecular weight excluding hydrogens is 346 g/mol. The first-order valence-electron chi connectivity index (χ1n) is 7.43. The van der Waals surface area contributed by atoms with Crippen molar-refractivity contribution >= 4 is 29.3 Å². The van der Waals surface area contributed by atoms with E-state index in [4.69, 9.17) is 4.74 Å². The Morgan fingerprint density at radius 2 is 2.32 bits per heavy atom. The maximum Gasteiger partial charge on any atom is 0.316 e. The van der Waals surface area contributed by atoms with E-state index in [0.717, 1.165) is 11.8 Å². The van der Waals surface area contributed by atoms with E-state index < -0.39 is 16.8 Å². The molecular formula is C16H15N3O5S. The summed E-state index contributed by atoms with van der Waals surface area (Å²) < 4.78 is 4.83. The molecule has 25 heavy (non-hydrogen) atoms. The largest absolute Gasteiger partial charge is 0.465 e. The summed E-state index contributed by atoms with van der Waals surface area (Å²) >= 11 is 1.01. The number of nitrogens with zero attached hydrogens (tertiary/aromatic N) is 2. The summed E-state index contributed by atoms with van der Waals surface area (Å²) in [6.45, 7) is 1.93. The van der Waals surface area contributed by atoms with E-state index in [1.54, 1.807) is 13.0 Å². The van der Waals surface area contributed by atoms with Gasteiger partial charge in [-0.05, 0) is 12.5 Å². The average Bonchev–Trinajstić information content (AvgIpc) is 2.59. The van der Waals surface area contributed by atoms with Crippen LogP contribution in [0.1, 0.15) is 24.8 Å². The van der Waals surface area contributed by atoms with Crippen LogP contribution in [0.2, 0.25) is 0 Å². The summed E-state index contributed by atoms with van der Waals surface area (Å²) in [7, 11) is 0. The number of nitriles is 1. The van der Waals surface area contributed by atoms with Gasteiger partial charge in [0.15, 0.2) is 0 Å². The number of allylic oxidation sites excluding steroid dienone is 1. The number of nitrogens with one attached hydrogen (secondary N) is 1. The smallest absolute Gasteiger partial charge is 0.316 e. The molecule has 1 aliphatic heterocycles. The van der Waals surface area contributed by atoms with Crippen LogP contribution >= 0.6 is 11.8 Å². The number of nitro groups is 1. The lowest BCUT2D eigenvalue weighted by Crippen LogP contribution is -2.31. The molecule has 0 saturated heterocycles. The maximum atomic E-state index is 12.0.